The molecule has 0 unspecified atom stereocenters. The Morgan fingerprint density at radius 2 is 1.85 bits per heavy atom. The second-order valence-corrected chi connectivity index (χ2v) is 8.18. The minimum absolute atomic E-state index is 0.0313. The number of pyridine rings is 1. The maximum absolute atomic E-state index is 15.7. The highest BCUT2D eigenvalue weighted by atomic mass is 35.5. The number of carbonyl (C=O) groups is 1. The number of hydrogen-bond acceptors (Lipinski definition) is 5. The zero-order chi connectivity index (χ0) is 23.8. The van der Waals surface area contributed by atoms with Gasteiger partial charge in [0.25, 0.3) is 5.91 Å². The molecule has 0 spiro atoms. The summed E-state index contributed by atoms with van der Waals surface area (Å²) in [6.45, 7) is 3.62. The van der Waals surface area contributed by atoms with E-state index in [0.29, 0.717) is 53.7 Å². The quantitative estimate of drug-likeness (QED) is 0.399. The van der Waals surface area contributed by atoms with E-state index in [-0.39, 0.29) is 22.1 Å². The molecule has 1 aliphatic rings. The van der Waals surface area contributed by atoms with Crippen LogP contribution in [-0.4, -0.2) is 51.9 Å². The van der Waals surface area contributed by atoms with Gasteiger partial charge in [0.1, 0.15) is 29.2 Å². The molecule has 2 aromatic carbocycles. The topological polar surface area (TPSA) is 62.2 Å². The summed E-state index contributed by atoms with van der Waals surface area (Å²) >= 11 is 6.24. The fourth-order valence-corrected chi connectivity index (χ4v) is 4.51. The molecular weight excluding hydrogens is 460 g/mol. The molecule has 0 radical (unpaired) electrons. The van der Waals surface area contributed by atoms with Crippen molar-refractivity contribution in [1.82, 2.24) is 19.9 Å². The predicted molar refractivity (Wildman–Crippen MR) is 127 cm³/mol. The van der Waals surface area contributed by atoms with Gasteiger partial charge in [0.2, 0.25) is 0 Å². The van der Waals surface area contributed by atoms with Gasteiger partial charge in [-0.25, -0.2) is 18.7 Å². The van der Waals surface area contributed by atoms with Gasteiger partial charge in [0.15, 0.2) is 5.82 Å². The number of halogens is 3. The molecule has 34 heavy (non-hydrogen) atoms. The molecular formula is C25H18ClF2N5O. The van der Waals surface area contributed by atoms with Crippen molar-refractivity contribution < 1.29 is 13.6 Å². The third-order valence-corrected chi connectivity index (χ3v) is 6.26. The summed E-state index contributed by atoms with van der Waals surface area (Å²) in [7, 11) is 0. The summed E-state index contributed by atoms with van der Waals surface area (Å²) in [5.41, 5.74) is 0.518. The predicted octanol–water partition coefficient (Wildman–Crippen LogP) is 4.45. The Hall–Kier alpha value is -3.83. The number of piperazine rings is 1. The van der Waals surface area contributed by atoms with Gasteiger partial charge in [-0.05, 0) is 24.3 Å². The van der Waals surface area contributed by atoms with E-state index in [4.69, 9.17) is 11.6 Å². The highest BCUT2D eigenvalue weighted by Crippen LogP contribution is 2.37. The number of amides is 1. The van der Waals surface area contributed by atoms with Gasteiger partial charge in [0.05, 0.1) is 10.4 Å². The van der Waals surface area contributed by atoms with Gasteiger partial charge in [-0.15, -0.1) is 0 Å². The lowest BCUT2D eigenvalue weighted by atomic mass is 10.0. The van der Waals surface area contributed by atoms with E-state index in [9.17, 15) is 9.18 Å². The van der Waals surface area contributed by atoms with Crippen molar-refractivity contribution in [2.24, 2.45) is 0 Å². The Kier molecular flexibility index (Phi) is 5.72. The Labute approximate surface area is 199 Å². The van der Waals surface area contributed by atoms with Gasteiger partial charge in [-0.3, -0.25) is 9.78 Å². The highest BCUT2D eigenvalue weighted by molar-refractivity contribution is 6.36. The molecule has 1 amide bonds. The fourth-order valence-electron chi connectivity index (χ4n) is 4.23. The molecule has 0 atom stereocenters. The summed E-state index contributed by atoms with van der Waals surface area (Å²) in [5, 5.41) is 1.43. The standard InChI is InChI=1S/C25H18ClF2N5O/c1-2-4-19(34)32-9-11-33(12-10-32)25-17-13-29-23(22(28)24(17)30-14-31-25)16-6-3-5-15-7-8-18(27)21(26)20(15)16/h3,5-8,13-14H,9-12H2,1H3. The zero-order valence-electron chi connectivity index (χ0n) is 18.1. The lowest BCUT2D eigenvalue weighted by Gasteiger charge is -2.34. The van der Waals surface area contributed by atoms with E-state index in [1.807, 2.05) is 4.90 Å². The molecule has 6 nitrogen and oxygen atoms in total. The zero-order valence-corrected chi connectivity index (χ0v) is 18.9. The van der Waals surface area contributed by atoms with Gasteiger partial charge in [-0.2, -0.15) is 0 Å². The Balaban J connectivity index is 1.56. The van der Waals surface area contributed by atoms with E-state index in [0.717, 1.165) is 0 Å². The van der Waals surface area contributed by atoms with Crippen LogP contribution in [0.4, 0.5) is 14.6 Å². The number of nitrogens with zero attached hydrogens (tertiary/aromatic N) is 5. The van der Waals surface area contributed by atoms with Crippen LogP contribution in [0.1, 0.15) is 6.92 Å². The number of anilines is 1. The molecule has 5 rings (SSSR count). The van der Waals surface area contributed by atoms with Gasteiger partial charge < -0.3 is 9.80 Å². The summed E-state index contributed by atoms with van der Waals surface area (Å²) in [6.07, 6.45) is 2.83. The van der Waals surface area contributed by atoms with Gasteiger partial charge in [0, 0.05) is 43.3 Å². The Morgan fingerprint density at radius 3 is 2.62 bits per heavy atom. The molecule has 170 valence electrons. The first-order valence-corrected chi connectivity index (χ1v) is 11.0. The summed E-state index contributed by atoms with van der Waals surface area (Å²) in [6, 6.07) is 8.05. The van der Waals surface area contributed by atoms with E-state index < -0.39 is 11.6 Å². The lowest BCUT2D eigenvalue weighted by molar-refractivity contribution is -0.125. The van der Waals surface area contributed by atoms with Crippen LogP contribution in [0.5, 0.6) is 0 Å². The lowest BCUT2D eigenvalue weighted by Crippen LogP contribution is -2.48. The molecule has 1 fully saturated rings. The highest BCUT2D eigenvalue weighted by Gasteiger charge is 2.24. The molecule has 1 aliphatic heterocycles. The first-order chi connectivity index (χ1) is 16.5. The monoisotopic (exact) mass is 477 g/mol. The summed E-state index contributed by atoms with van der Waals surface area (Å²) in [5.74, 6) is 4.27. The van der Waals surface area contributed by atoms with Crippen LogP contribution < -0.4 is 4.90 Å². The van der Waals surface area contributed by atoms with Crippen molar-refractivity contribution in [3.05, 3.63) is 59.5 Å². The first kappa shape index (κ1) is 22.0. The van der Waals surface area contributed by atoms with Crippen LogP contribution in [0, 0.1) is 23.5 Å². The average Bonchev–Trinajstić information content (AvgIpc) is 2.86. The number of carbonyl (C=O) groups excluding carboxylic acids is 1. The number of fused-ring (bicyclic) bond motifs is 2. The molecule has 3 heterocycles. The molecule has 2 aromatic heterocycles. The first-order valence-electron chi connectivity index (χ1n) is 10.6. The van der Waals surface area contributed by atoms with Crippen molar-refractivity contribution in [3.8, 4) is 23.1 Å². The van der Waals surface area contributed by atoms with E-state index in [1.165, 1.54) is 18.6 Å². The van der Waals surface area contributed by atoms with Crippen LogP contribution in [0.3, 0.4) is 0 Å². The van der Waals surface area contributed by atoms with Gasteiger partial charge in [-0.1, -0.05) is 41.8 Å². The van der Waals surface area contributed by atoms with E-state index >= 15 is 4.39 Å². The SMILES string of the molecule is CC#CC(=O)N1CCN(c2ncnc3c(F)c(-c4cccc5ccc(F)c(Cl)c45)ncc23)CC1. The molecule has 0 saturated carbocycles. The van der Waals surface area contributed by atoms with Crippen LogP contribution in [0.15, 0.2) is 42.9 Å². The molecule has 0 bridgehead atoms. The maximum atomic E-state index is 15.7. The third kappa shape index (κ3) is 3.68. The van der Waals surface area contributed by atoms with Crippen molar-refractivity contribution in [1.29, 1.82) is 0 Å². The Morgan fingerprint density at radius 1 is 1.06 bits per heavy atom. The van der Waals surface area contributed by atoms with Crippen molar-refractivity contribution in [2.45, 2.75) is 6.92 Å². The minimum atomic E-state index is -0.638. The normalized spacial score (nSPS) is 13.8. The van der Waals surface area contributed by atoms with Crippen molar-refractivity contribution in [3.63, 3.8) is 0 Å². The number of aromatic nitrogens is 3. The molecule has 9 heteroatoms. The fraction of sp³-hybridized carbons (Fsp3) is 0.200. The second-order valence-electron chi connectivity index (χ2n) is 7.80. The van der Waals surface area contributed by atoms with Crippen LogP contribution >= 0.6 is 11.6 Å². The average molecular weight is 478 g/mol. The van der Waals surface area contributed by atoms with E-state index in [2.05, 4.69) is 26.8 Å². The summed E-state index contributed by atoms with van der Waals surface area (Å²) < 4.78 is 29.9. The molecule has 0 aliphatic carbocycles. The molecule has 0 N–H and O–H groups in total. The van der Waals surface area contributed by atoms with E-state index in [1.54, 1.807) is 36.1 Å². The minimum Gasteiger partial charge on any atom is -0.352 e. The Bertz CT molecular complexity index is 1510. The number of hydrogen-bond donors (Lipinski definition) is 0. The van der Waals surface area contributed by atoms with Crippen LogP contribution in [0.2, 0.25) is 5.02 Å². The smallest absolute Gasteiger partial charge is 0.298 e. The number of rotatable bonds is 2. The second kappa shape index (κ2) is 8.84. The summed E-state index contributed by atoms with van der Waals surface area (Å²) in [4.78, 5) is 28.6. The van der Waals surface area contributed by atoms with Crippen molar-refractivity contribution in [2.75, 3.05) is 31.1 Å². The van der Waals surface area contributed by atoms with Crippen LogP contribution in [0.25, 0.3) is 32.9 Å². The number of benzene rings is 2. The molecule has 1 saturated heterocycles. The van der Waals surface area contributed by atoms with Crippen LogP contribution in [-0.2, 0) is 4.79 Å². The molecule has 4 aromatic rings. The third-order valence-electron chi connectivity index (χ3n) is 5.89. The maximum Gasteiger partial charge on any atom is 0.298 e. The largest absolute Gasteiger partial charge is 0.352 e. The van der Waals surface area contributed by atoms with Gasteiger partial charge >= 0.3 is 0 Å². The van der Waals surface area contributed by atoms with Crippen molar-refractivity contribution >= 4 is 45.0 Å².